The first-order valence-electron chi connectivity index (χ1n) is 9.16. The zero-order valence-electron chi connectivity index (χ0n) is 15.4. The molecule has 0 atom stereocenters. The van der Waals surface area contributed by atoms with Gasteiger partial charge in [-0.2, -0.15) is 0 Å². The number of carbonyl (C=O) groups is 1. The molecule has 1 aliphatic heterocycles. The quantitative estimate of drug-likeness (QED) is 0.710. The Labute approximate surface area is 155 Å². The Morgan fingerprint density at radius 2 is 2.00 bits per heavy atom. The topological polar surface area (TPSA) is 50.8 Å². The van der Waals surface area contributed by atoms with Crippen molar-refractivity contribution in [2.24, 2.45) is 0 Å². The molecule has 6 heteroatoms. The molecule has 2 rings (SSSR count). The summed E-state index contributed by atoms with van der Waals surface area (Å²) in [7, 11) is 1.97. The number of rotatable bonds is 8. The molecule has 1 aliphatic rings. The maximum atomic E-state index is 12.8. The Morgan fingerprint density at radius 1 is 1.28 bits per heavy atom. The van der Waals surface area contributed by atoms with Crippen molar-refractivity contribution < 1.29 is 14.3 Å². The number of nitrogens with zero attached hydrogens (tertiary/aromatic N) is 1. The second-order valence-electron chi connectivity index (χ2n) is 6.28. The maximum absolute atomic E-state index is 12.8. The molecule has 1 fully saturated rings. The van der Waals surface area contributed by atoms with E-state index in [9.17, 15) is 4.79 Å². The summed E-state index contributed by atoms with van der Waals surface area (Å²) in [4.78, 5) is 14.7. The average Bonchev–Trinajstić information content (AvgIpc) is 2.63. The third kappa shape index (κ3) is 5.25. The van der Waals surface area contributed by atoms with Gasteiger partial charge in [-0.3, -0.25) is 4.79 Å². The van der Waals surface area contributed by atoms with E-state index in [0.29, 0.717) is 41.3 Å². The van der Waals surface area contributed by atoms with Crippen LogP contribution in [0.15, 0.2) is 12.1 Å². The molecular weight excluding hydrogens is 340 g/mol. The van der Waals surface area contributed by atoms with Crippen molar-refractivity contribution in [2.45, 2.75) is 45.6 Å². The van der Waals surface area contributed by atoms with Gasteiger partial charge in [0.05, 0.1) is 18.2 Å². The number of hydrogen-bond acceptors (Lipinski definition) is 4. The lowest BCUT2D eigenvalue weighted by Crippen LogP contribution is -2.43. The summed E-state index contributed by atoms with van der Waals surface area (Å²) in [6.45, 7) is 6.59. The highest BCUT2D eigenvalue weighted by Gasteiger charge is 2.24. The van der Waals surface area contributed by atoms with Crippen LogP contribution in [0.25, 0.3) is 0 Å². The van der Waals surface area contributed by atoms with E-state index in [4.69, 9.17) is 21.1 Å². The number of halogens is 1. The summed E-state index contributed by atoms with van der Waals surface area (Å²) in [6.07, 6.45) is 3.92. The fraction of sp³-hybridized carbons (Fsp3) is 0.632. The highest BCUT2D eigenvalue weighted by atomic mass is 35.5. The fourth-order valence-corrected chi connectivity index (χ4v) is 3.23. The Bertz CT molecular complexity index is 572. The molecule has 5 nitrogen and oxygen atoms in total. The normalized spacial score (nSPS) is 15.3. The van der Waals surface area contributed by atoms with Crippen LogP contribution in [0, 0.1) is 0 Å². The molecule has 1 aromatic carbocycles. The highest BCUT2D eigenvalue weighted by Crippen LogP contribution is 2.37. The molecular formula is C19H29ClN2O3. The summed E-state index contributed by atoms with van der Waals surface area (Å²) in [5.74, 6) is 1.07. The van der Waals surface area contributed by atoms with Gasteiger partial charge in [-0.1, -0.05) is 24.9 Å². The van der Waals surface area contributed by atoms with Crippen LogP contribution < -0.4 is 14.8 Å². The van der Waals surface area contributed by atoms with E-state index in [1.165, 1.54) is 0 Å². The van der Waals surface area contributed by atoms with Crippen molar-refractivity contribution in [3.8, 4) is 11.5 Å². The number of likely N-dealkylation sites (tertiary alicyclic amines) is 1. The van der Waals surface area contributed by atoms with Crippen LogP contribution in [0.4, 0.5) is 0 Å². The molecule has 1 aromatic rings. The van der Waals surface area contributed by atoms with Crippen LogP contribution in [-0.4, -0.2) is 50.2 Å². The Hall–Kier alpha value is -1.46. The number of unbranched alkanes of at least 4 members (excludes halogenated alkanes) is 1. The van der Waals surface area contributed by atoms with Crippen molar-refractivity contribution in [3.63, 3.8) is 0 Å². The molecule has 0 saturated carbocycles. The molecule has 1 N–H and O–H groups in total. The molecule has 0 bridgehead atoms. The second kappa shape index (κ2) is 9.88. The largest absolute Gasteiger partial charge is 0.490 e. The molecule has 0 spiro atoms. The van der Waals surface area contributed by atoms with Crippen LogP contribution in [0.5, 0.6) is 11.5 Å². The van der Waals surface area contributed by atoms with E-state index < -0.39 is 0 Å². The van der Waals surface area contributed by atoms with Gasteiger partial charge < -0.3 is 19.7 Å². The van der Waals surface area contributed by atoms with E-state index in [2.05, 4.69) is 12.2 Å². The minimum atomic E-state index is -0.00230. The number of nitrogens with one attached hydrogen (secondary N) is 1. The molecule has 0 unspecified atom stereocenters. The van der Waals surface area contributed by atoms with Gasteiger partial charge in [0.2, 0.25) is 0 Å². The molecule has 25 heavy (non-hydrogen) atoms. The van der Waals surface area contributed by atoms with Crippen molar-refractivity contribution >= 4 is 17.5 Å². The first-order chi connectivity index (χ1) is 12.1. The third-order valence-electron chi connectivity index (χ3n) is 4.49. The molecule has 1 heterocycles. The minimum Gasteiger partial charge on any atom is -0.490 e. The summed E-state index contributed by atoms with van der Waals surface area (Å²) < 4.78 is 11.5. The van der Waals surface area contributed by atoms with Crippen molar-refractivity contribution in [2.75, 3.05) is 33.4 Å². The molecule has 140 valence electrons. The lowest BCUT2D eigenvalue weighted by atomic mass is 10.0. The van der Waals surface area contributed by atoms with Crippen LogP contribution in [0.2, 0.25) is 5.02 Å². The third-order valence-corrected chi connectivity index (χ3v) is 4.77. The van der Waals surface area contributed by atoms with E-state index >= 15 is 0 Å². The van der Waals surface area contributed by atoms with Gasteiger partial charge in [0.1, 0.15) is 0 Å². The summed E-state index contributed by atoms with van der Waals surface area (Å²) in [6, 6.07) is 3.93. The summed E-state index contributed by atoms with van der Waals surface area (Å²) in [5.41, 5.74) is 0.555. The van der Waals surface area contributed by atoms with Crippen LogP contribution in [0.1, 0.15) is 49.9 Å². The summed E-state index contributed by atoms with van der Waals surface area (Å²) in [5, 5.41) is 3.70. The first-order valence-corrected chi connectivity index (χ1v) is 9.54. The number of ether oxygens (including phenoxy) is 2. The van der Waals surface area contributed by atoms with E-state index in [-0.39, 0.29) is 5.91 Å². The molecule has 0 radical (unpaired) electrons. The van der Waals surface area contributed by atoms with Gasteiger partial charge >= 0.3 is 0 Å². The van der Waals surface area contributed by atoms with Crippen LogP contribution in [-0.2, 0) is 0 Å². The minimum absolute atomic E-state index is 0.00230. The Morgan fingerprint density at radius 3 is 2.60 bits per heavy atom. The van der Waals surface area contributed by atoms with Gasteiger partial charge in [-0.25, -0.2) is 0 Å². The predicted octanol–water partition coefficient (Wildman–Crippen LogP) is 3.74. The van der Waals surface area contributed by atoms with Crippen molar-refractivity contribution in [1.82, 2.24) is 10.2 Å². The number of carbonyl (C=O) groups excluding carboxylic acids is 1. The van der Waals surface area contributed by atoms with Crippen molar-refractivity contribution in [3.05, 3.63) is 22.7 Å². The smallest absolute Gasteiger partial charge is 0.254 e. The maximum Gasteiger partial charge on any atom is 0.254 e. The second-order valence-corrected chi connectivity index (χ2v) is 6.68. The standard InChI is InChI=1S/C19H29ClN2O3/c1-4-6-11-25-18-16(20)12-14(13-17(18)24-5-2)19(23)22-9-7-15(21-3)8-10-22/h12-13,15,21H,4-11H2,1-3H3. The average molecular weight is 369 g/mol. The Kier molecular flexibility index (Phi) is 7.85. The zero-order valence-corrected chi connectivity index (χ0v) is 16.2. The van der Waals surface area contributed by atoms with E-state index in [0.717, 1.165) is 38.8 Å². The van der Waals surface area contributed by atoms with Gasteiger partial charge in [0.15, 0.2) is 11.5 Å². The summed E-state index contributed by atoms with van der Waals surface area (Å²) >= 11 is 6.39. The van der Waals surface area contributed by atoms with E-state index in [1.54, 1.807) is 12.1 Å². The fourth-order valence-electron chi connectivity index (χ4n) is 2.97. The zero-order chi connectivity index (χ0) is 18.2. The van der Waals surface area contributed by atoms with Gasteiger partial charge in [-0.05, 0) is 45.4 Å². The van der Waals surface area contributed by atoms with Gasteiger partial charge in [0.25, 0.3) is 5.91 Å². The lowest BCUT2D eigenvalue weighted by Gasteiger charge is -2.32. The Balaban J connectivity index is 2.16. The van der Waals surface area contributed by atoms with Gasteiger partial charge in [0, 0.05) is 24.7 Å². The molecule has 1 saturated heterocycles. The molecule has 1 amide bonds. The number of benzene rings is 1. The monoisotopic (exact) mass is 368 g/mol. The van der Waals surface area contributed by atoms with Gasteiger partial charge in [-0.15, -0.1) is 0 Å². The van der Waals surface area contributed by atoms with Crippen LogP contribution in [0.3, 0.4) is 0 Å². The van der Waals surface area contributed by atoms with E-state index in [1.807, 2.05) is 18.9 Å². The number of amides is 1. The highest BCUT2D eigenvalue weighted by molar-refractivity contribution is 6.32. The van der Waals surface area contributed by atoms with Crippen LogP contribution >= 0.6 is 11.6 Å². The van der Waals surface area contributed by atoms with Crippen molar-refractivity contribution in [1.29, 1.82) is 0 Å². The first kappa shape index (κ1) is 19.9. The number of piperidine rings is 1. The number of hydrogen-bond donors (Lipinski definition) is 1. The molecule has 0 aromatic heterocycles. The predicted molar refractivity (Wildman–Crippen MR) is 101 cm³/mol. The lowest BCUT2D eigenvalue weighted by molar-refractivity contribution is 0.0707. The SMILES string of the molecule is CCCCOc1c(Cl)cc(C(=O)N2CCC(NC)CC2)cc1OCC. The molecule has 0 aliphatic carbocycles.